The Bertz CT molecular complexity index is 832. The monoisotopic (exact) mass is 314 g/mol. The second-order valence-corrected chi connectivity index (χ2v) is 5.22. The van der Waals surface area contributed by atoms with Crippen molar-refractivity contribution in [3.05, 3.63) is 47.5 Å². The van der Waals surface area contributed by atoms with Crippen LogP contribution in [0.3, 0.4) is 0 Å². The van der Waals surface area contributed by atoms with Crippen LogP contribution >= 0.6 is 11.6 Å². The first-order valence-electron chi connectivity index (χ1n) is 6.79. The summed E-state index contributed by atoms with van der Waals surface area (Å²) in [7, 11) is 0. The number of ether oxygens (including phenoxy) is 2. The predicted octanol–water partition coefficient (Wildman–Crippen LogP) is 3.83. The summed E-state index contributed by atoms with van der Waals surface area (Å²) in [6.45, 7) is 1.10. The topological polar surface area (TPSA) is 57.4 Å². The molecule has 5 nitrogen and oxygen atoms in total. The number of nitrogens with zero attached hydrogens (tertiary/aromatic N) is 2. The van der Waals surface area contributed by atoms with Gasteiger partial charge in [-0.2, -0.15) is 0 Å². The number of hydrogen-bond acceptors (Lipinski definition) is 5. The van der Waals surface area contributed by atoms with Crippen molar-refractivity contribution in [1.29, 1.82) is 0 Å². The lowest BCUT2D eigenvalue weighted by atomic mass is 10.2. The fourth-order valence-electron chi connectivity index (χ4n) is 2.25. The lowest BCUT2D eigenvalue weighted by Gasteiger charge is -2.18. The minimum absolute atomic E-state index is 0.423. The maximum Gasteiger partial charge on any atom is 0.248 e. The number of rotatable bonds is 2. The molecule has 22 heavy (non-hydrogen) atoms. The van der Waals surface area contributed by atoms with E-state index in [0.717, 1.165) is 16.9 Å². The van der Waals surface area contributed by atoms with Crippen molar-refractivity contribution < 1.29 is 13.9 Å². The molecule has 0 unspecified atom stereocenters. The molecule has 3 aromatic rings. The van der Waals surface area contributed by atoms with Crippen LogP contribution in [-0.2, 0) is 0 Å². The quantitative estimate of drug-likeness (QED) is 0.719. The first-order valence-corrected chi connectivity index (χ1v) is 7.17. The Kier molecular flexibility index (Phi) is 3.20. The zero-order chi connectivity index (χ0) is 14.9. The van der Waals surface area contributed by atoms with E-state index in [1.807, 2.05) is 30.3 Å². The molecule has 6 heteroatoms. The first kappa shape index (κ1) is 13.2. The Morgan fingerprint density at radius 3 is 2.32 bits per heavy atom. The fraction of sp³-hybridized carbons (Fsp3) is 0.125. The van der Waals surface area contributed by atoms with Crippen LogP contribution in [0.4, 0.5) is 0 Å². The van der Waals surface area contributed by atoms with Gasteiger partial charge in [0.05, 0.1) is 0 Å². The van der Waals surface area contributed by atoms with E-state index in [-0.39, 0.29) is 0 Å². The van der Waals surface area contributed by atoms with Crippen LogP contribution in [0, 0.1) is 0 Å². The standard InChI is InChI=1S/C16H11ClN2O3/c17-12-3-1-2-10(8-12)15-18-19-16(22-15)11-4-5-13-14(9-11)21-7-6-20-13/h1-5,8-9H,6-7H2. The Hall–Kier alpha value is -2.53. The lowest BCUT2D eigenvalue weighted by molar-refractivity contribution is 0.171. The Balaban J connectivity index is 1.69. The molecule has 0 aliphatic carbocycles. The molecular formula is C16H11ClN2O3. The molecule has 110 valence electrons. The molecule has 0 saturated carbocycles. The summed E-state index contributed by atoms with van der Waals surface area (Å²) >= 11 is 5.98. The zero-order valence-corrected chi connectivity index (χ0v) is 12.2. The number of fused-ring (bicyclic) bond motifs is 1. The maximum absolute atomic E-state index is 5.98. The summed E-state index contributed by atoms with van der Waals surface area (Å²) in [5.74, 6) is 2.26. The largest absolute Gasteiger partial charge is 0.486 e. The van der Waals surface area contributed by atoms with Crippen LogP contribution in [0.15, 0.2) is 46.9 Å². The lowest BCUT2D eigenvalue weighted by Crippen LogP contribution is -2.15. The van der Waals surface area contributed by atoms with Gasteiger partial charge in [-0.15, -0.1) is 10.2 Å². The van der Waals surface area contributed by atoms with Crippen LogP contribution in [0.5, 0.6) is 11.5 Å². The molecule has 1 aliphatic heterocycles. The molecule has 2 aromatic carbocycles. The summed E-state index contributed by atoms with van der Waals surface area (Å²) in [5, 5.41) is 8.78. The smallest absolute Gasteiger partial charge is 0.248 e. The first-order chi connectivity index (χ1) is 10.8. The molecule has 0 N–H and O–H groups in total. The highest BCUT2D eigenvalue weighted by Crippen LogP contribution is 2.34. The SMILES string of the molecule is Clc1cccc(-c2nnc(-c3ccc4c(c3)OCCO4)o2)c1. The third-order valence-electron chi connectivity index (χ3n) is 3.29. The highest BCUT2D eigenvalue weighted by molar-refractivity contribution is 6.30. The maximum atomic E-state index is 5.98. The molecule has 1 aliphatic rings. The summed E-state index contributed by atoms with van der Waals surface area (Å²) < 4.78 is 16.8. The Labute approximate surface area is 131 Å². The average molecular weight is 315 g/mol. The summed E-state index contributed by atoms with van der Waals surface area (Å²) in [6.07, 6.45) is 0. The van der Waals surface area contributed by atoms with Crippen LogP contribution in [0.2, 0.25) is 5.02 Å². The second-order valence-electron chi connectivity index (χ2n) is 4.78. The highest BCUT2D eigenvalue weighted by atomic mass is 35.5. The summed E-state index contributed by atoms with van der Waals surface area (Å²) in [5.41, 5.74) is 1.56. The van der Waals surface area contributed by atoms with E-state index in [4.69, 9.17) is 25.5 Å². The van der Waals surface area contributed by atoms with E-state index in [9.17, 15) is 0 Å². The molecule has 0 radical (unpaired) electrons. The van der Waals surface area contributed by atoms with Gasteiger partial charge in [0.2, 0.25) is 11.8 Å². The molecule has 2 heterocycles. The van der Waals surface area contributed by atoms with Crippen LogP contribution < -0.4 is 9.47 Å². The van der Waals surface area contributed by atoms with Gasteiger partial charge < -0.3 is 13.9 Å². The van der Waals surface area contributed by atoms with E-state index < -0.39 is 0 Å². The van der Waals surface area contributed by atoms with Crippen molar-refractivity contribution in [2.75, 3.05) is 13.2 Å². The van der Waals surface area contributed by atoms with Crippen molar-refractivity contribution in [2.45, 2.75) is 0 Å². The molecule has 0 saturated heterocycles. The van der Waals surface area contributed by atoms with Crippen molar-refractivity contribution in [1.82, 2.24) is 10.2 Å². The van der Waals surface area contributed by atoms with Gasteiger partial charge in [-0.25, -0.2) is 0 Å². The van der Waals surface area contributed by atoms with E-state index in [2.05, 4.69) is 10.2 Å². The van der Waals surface area contributed by atoms with Gasteiger partial charge in [0.15, 0.2) is 11.5 Å². The van der Waals surface area contributed by atoms with E-state index in [1.165, 1.54) is 0 Å². The van der Waals surface area contributed by atoms with Gasteiger partial charge in [-0.3, -0.25) is 0 Å². The number of hydrogen-bond donors (Lipinski definition) is 0. The molecule has 1 aromatic heterocycles. The Morgan fingerprint density at radius 2 is 1.55 bits per heavy atom. The predicted molar refractivity (Wildman–Crippen MR) is 81.2 cm³/mol. The molecular weight excluding hydrogens is 304 g/mol. The van der Waals surface area contributed by atoms with Gasteiger partial charge in [0, 0.05) is 16.1 Å². The number of aromatic nitrogens is 2. The van der Waals surface area contributed by atoms with Gasteiger partial charge in [0.25, 0.3) is 0 Å². The van der Waals surface area contributed by atoms with Gasteiger partial charge in [-0.1, -0.05) is 17.7 Å². The Morgan fingerprint density at radius 1 is 0.818 bits per heavy atom. The fourth-order valence-corrected chi connectivity index (χ4v) is 2.44. The summed E-state index contributed by atoms with van der Waals surface area (Å²) in [4.78, 5) is 0. The van der Waals surface area contributed by atoms with Crippen LogP contribution in [0.25, 0.3) is 22.9 Å². The minimum Gasteiger partial charge on any atom is -0.486 e. The van der Waals surface area contributed by atoms with E-state index >= 15 is 0 Å². The van der Waals surface area contributed by atoms with E-state index in [0.29, 0.717) is 35.8 Å². The van der Waals surface area contributed by atoms with Crippen LogP contribution in [-0.4, -0.2) is 23.4 Å². The van der Waals surface area contributed by atoms with Gasteiger partial charge >= 0.3 is 0 Å². The second kappa shape index (κ2) is 5.35. The molecule has 0 atom stereocenters. The normalized spacial score (nSPS) is 13.1. The minimum atomic E-state index is 0.423. The summed E-state index contributed by atoms with van der Waals surface area (Å²) in [6, 6.07) is 12.8. The third kappa shape index (κ3) is 2.40. The highest BCUT2D eigenvalue weighted by Gasteiger charge is 2.16. The van der Waals surface area contributed by atoms with Crippen molar-refractivity contribution in [3.63, 3.8) is 0 Å². The molecule has 0 spiro atoms. The van der Waals surface area contributed by atoms with Crippen molar-refractivity contribution >= 4 is 11.6 Å². The zero-order valence-electron chi connectivity index (χ0n) is 11.5. The molecule has 0 fully saturated rings. The average Bonchev–Trinajstić information content (AvgIpc) is 3.04. The van der Waals surface area contributed by atoms with Gasteiger partial charge in [-0.05, 0) is 36.4 Å². The van der Waals surface area contributed by atoms with Crippen molar-refractivity contribution in [3.8, 4) is 34.4 Å². The molecule has 0 amide bonds. The van der Waals surface area contributed by atoms with Gasteiger partial charge in [0.1, 0.15) is 13.2 Å². The van der Waals surface area contributed by atoms with Crippen LogP contribution in [0.1, 0.15) is 0 Å². The number of benzene rings is 2. The third-order valence-corrected chi connectivity index (χ3v) is 3.52. The molecule has 4 rings (SSSR count). The molecule has 0 bridgehead atoms. The number of halogens is 1. The van der Waals surface area contributed by atoms with E-state index in [1.54, 1.807) is 12.1 Å². The van der Waals surface area contributed by atoms with Crippen molar-refractivity contribution in [2.24, 2.45) is 0 Å².